The van der Waals surface area contributed by atoms with Crippen molar-refractivity contribution >= 4 is 22.8 Å². The summed E-state index contributed by atoms with van der Waals surface area (Å²) in [6.07, 6.45) is 2.49. The molecule has 0 saturated heterocycles. The summed E-state index contributed by atoms with van der Waals surface area (Å²) in [6.45, 7) is 3.72. The van der Waals surface area contributed by atoms with Crippen molar-refractivity contribution in [1.82, 2.24) is 4.57 Å². The molecule has 3 aromatic carbocycles. The second kappa shape index (κ2) is 10.1. The largest absolute Gasteiger partial charge is 0.354 e. The van der Waals surface area contributed by atoms with Crippen molar-refractivity contribution in [1.29, 1.82) is 0 Å². The molecule has 0 fully saturated rings. The Morgan fingerprint density at radius 3 is 2.24 bits per heavy atom. The number of hydrogen-bond acceptors (Lipinski definition) is 5. The molecule has 0 amide bonds. The van der Waals surface area contributed by atoms with Crippen LogP contribution in [-0.4, -0.2) is 16.5 Å². The molecule has 0 aliphatic heterocycles. The molecule has 0 saturated carbocycles. The van der Waals surface area contributed by atoms with Crippen LogP contribution in [0.1, 0.15) is 37.3 Å². The Hall–Kier alpha value is -3.90. The van der Waals surface area contributed by atoms with E-state index >= 15 is 0 Å². The number of nitrogens with zero attached hydrogens (tertiary/aromatic N) is 1. The van der Waals surface area contributed by atoms with Gasteiger partial charge >= 0.3 is 11.9 Å². The van der Waals surface area contributed by atoms with Crippen LogP contribution in [0, 0.1) is 0 Å². The number of hydrogen-bond donors (Lipinski definition) is 0. The first-order chi connectivity index (χ1) is 16.1. The average molecular weight is 443 g/mol. The standard InChI is InChI=1S/C27H25NO5/c1-3-23(27(30)32-33-31-19(2)29)25-18-28(17-20-10-6-4-7-11-20)26-16-22(14-15-24(25)26)21-12-8-5-9-13-21/h4-16,18,23H,3,17H2,1-2H3. The number of carbonyl (C=O) groups excluding carboxylic acids is 2. The van der Waals surface area contributed by atoms with Crippen molar-refractivity contribution in [2.24, 2.45) is 0 Å². The number of aromatic nitrogens is 1. The van der Waals surface area contributed by atoms with Crippen molar-refractivity contribution in [2.75, 3.05) is 0 Å². The summed E-state index contributed by atoms with van der Waals surface area (Å²) in [5, 5.41) is 5.31. The van der Waals surface area contributed by atoms with Gasteiger partial charge in [0.05, 0.1) is 5.92 Å². The van der Waals surface area contributed by atoms with Gasteiger partial charge in [-0.3, -0.25) is 9.78 Å². The Morgan fingerprint density at radius 2 is 1.58 bits per heavy atom. The fraction of sp³-hybridized carbons (Fsp3) is 0.185. The molecule has 1 aromatic heterocycles. The molecule has 4 rings (SSSR count). The van der Waals surface area contributed by atoms with Crippen LogP contribution in [0.4, 0.5) is 0 Å². The summed E-state index contributed by atoms with van der Waals surface area (Å²) in [7, 11) is 0. The quantitative estimate of drug-likeness (QED) is 0.254. The summed E-state index contributed by atoms with van der Waals surface area (Å²) in [5.41, 5.74) is 5.22. The van der Waals surface area contributed by atoms with Crippen LogP contribution < -0.4 is 0 Å². The summed E-state index contributed by atoms with van der Waals surface area (Å²) >= 11 is 0. The van der Waals surface area contributed by atoms with Gasteiger partial charge in [-0.15, -0.1) is 0 Å². The van der Waals surface area contributed by atoms with Crippen molar-refractivity contribution in [3.63, 3.8) is 0 Å². The molecule has 1 atom stereocenters. The van der Waals surface area contributed by atoms with Crippen LogP contribution in [0.3, 0.4) is 0 Å². The van der Waals surface area contributed by atoms with Gasteiger partial charge < -0.3 is 4.57 Å². The monoisotopic (exact) mass is 443 g/mol. The molecule has 0 bridgehead atoms. The SMILES string of the molecule is CCC(C(=O)OOOC(C)=O)c1cn(Cc2ccccc2)c2cc(-c3ccccc3)ccc12. The molecule has 0 aliphatic rings. The van der Waals surface area contributed by atoms with E-state index in [0.717, 1.165) is 40.1 Å². The fourth-order valence-corrected chi connectivity index (χ4v) is 3.99. The van der Waals surface area contributed by atoms with E-state index in [0.29, 0.717) is 13.0 Å². The van der Waals surface area contributed by atoms with Crippen LogP contribution in [-0.2, 0) is 30.9 Å². The minimum Gasteiger partial charge on any atom is -0.343 e. The normalized spacial score (nSPS) is 11.8. The highest BCUT2D eigenvalue weighted by Gasteiger charge is 2.26. The first-order valence-corrected chi connectivity index (χ1v) is 10.8. The van der Waals surface area contributed by atoms with E-state index in [1.54, 1.807) is 0 Å². The van der Waals surface area contributed by atoms with Gasteiger partial charge in [-0.2, -0.15) is 0 Å². The maximum atomic E-state index is 12.7. The van der Waals surface area contributed by atoms with E-state index in [9.17, 15) is 9.59 Å². The highest BCUT2D eigenvalue weighted by Crippen LogP contribution is 2.34. The molecule has 0 aliphatic carbocycles. The van der Waals surface area contributed by atoms with E-state index in [4.69, 9.17) is 4.89 Å². The lowest BCUT2D eigenvalue weighted by Gasteiger charge is -2.11. The molecule has 1 heterocycles. The smallest absolute Gasteiger partial charge is 0.343 e. The Morgan fingerprint density at radius 1 is 0.879 bits per heavy atom. The van der Waals surface area contributed by atoms with Crippen molar-refractivity contribution in [3.05, 3.63) is 96.2 Å². The number of carbonyl (C=O) groups is 2. The zero-order valence-electron chi connectivity index (χ0n) is 18.6. The summed E-state index contributed by atoms with van der Waals surface area (Å²) in [4.78, 5) is 32.6. The third kappa shape index (κ3) is 5.13. The first kappa shape index (κ1) is 22.3. The van der Waals surface area contributed by atoms with Gasteiger partial charge in [0.2, 0.25) is 0 Å². The average Bonchev–Trinajstić information content (AvgIpc) is 3.18. The predicted molar refractivity (Wildman–Crippen MR) is 125 cm³/mol. The van der Waals surface area contributed by atoms with Crippen molar-refractivity contribution in [2.45, 2.75) is 32.7 Å². The zero-order valence-corrected chi connectivity index (χ0v) is 18.6. The highest BCUT2D eigenvalue weighted by molar-refractivity contribution is 5.93. The third-order valence-electron chi connectivity index (χ3n) is 5.55. The molecule has 4 aromatic rings. The van der Waals surface area contributed by atoms with Gasteiger partial charge in [-0.05, 0) is 34.7 Å². The summed E-state index contributed by atoms with van der Waals surface area (Å²) in [6, 6.07) is 26.6. The molecule has 1 unspecified atom stereocenters. The second-order valence-electron chi connectivity index (χ2n) is 7.80. The van der Waals surface area contributed by atoms with E-state index in [1.165, 1.54) is 0 Å². The van der Waals surface area contributed by atoms with E-state index in [2.05, 4.69) is 50.9 Å². The third-order valence-corrected chi connectivity index (χ3v) is 5.55. The van der Waals surface area contributed by atoms with Gasteiger partial charge in [0.25, 0.3) is 0 Å². The fourth-order valence-electron chi connectivity index (χ4n) is 3.99. The van der Waals surface area contributed by atoms with Gasteiger partial charge in [0.1, 0.15) is 0 Å². The van der Waals surface area contributed by atoms with Crippen LogP contribution in [0.5, 0.6) is 0 Å². The maximum absolute atomic E-state index is 12.7. The minimum absolute atomic E-state index is 0.493. The maximum Gasteiger partial charge on any atom is 0.354 e. The topological polar surface area (TPSA) is 66.8 Å². The van der Waals surface area contributed by atoms with Crippen LogP contribution in [0.25, 0.3) is 22.0 Å². The van der Waals surface area contributed by atoms with E-state index in [-0.39, 0.29) is 0 Å². The molecule has 6 nitrogen and oxygen atoms in total. The van der Waals surface area contributed by atoms with E-state index < -0.39 is 17.9 Å². The predicted octanol–water partition coefficient (Wildman–Crippen LogP) is 5.80. The Bertz CT molecular complexity index is 1250. The number of benzene rings is 3. The second-order valence-corrected chi connectivity index (χ2v) is 7.80. The lowest BCUT2D eigenvalue weighted by molar-refractivity contribution is -0.459. The first-order valence-electron chi connectivity index (χ1n) is 10.8. The van der Waals surface area contributed by atoms with Gasteiger partial charge in [0, 0.05) is 35.6 Å². The van der Waals surface area contributed by atoms with Gasteiger partial charge in [0.15, 0.2) is 0 Å². The van der Waals surface area contributed by atoms with Crippen molar-refractivity contribution < 1.29 is 24.4 Å². The van der Waals surface area contributed by atoms with Crippen LogP contribution in [0.2, 0.25) is 0 Å². The Kier molecular flexibility index (Phi) is 6.86. The Labute approximate surface area is 192 Å². The summed E-state index contributed by atoms with van der Waals surface area (Å²) < 4.78 is 2.15. The lowest BCUT2D eigenvalue weighted by Crippen LogP contribution is -2.16. The molecule has 168 valence electrons. The van der Waals surface area contributed by atoms with Crippen LogP contribution in [0.15, 0.2) is 85.1 Å². The number of fused-ring (bicyclic) bond motifs is 1. The van der Waals surface area contributed by atoms with Crippen molar-refractivity contribution in [3.8, 4) is 11.1 Å². The minimum atomic E-state index is -0.705. The number of rotatable bonds is 8. The van der Waals surface area contributed by atoms with Gasteiger partial charge in [-0.1, -0.05) is 79.7 Å². The molecule has 0 spiro atoms. The zero-order chi connectivity index (χ0) is 23.2. The molecule has 0 radical (unpaired) electrons. The van der Waals surface area contributed by atoms with Crippen LogP contribution >= 0.6 is 0 Å². The highest BCUT2D eigenvalue weighted by atomic mass is 17.5. The van der Waals surface area contributed by atoms with Gasteiger partial charge in [-0.25, -0.2) is 9.59 Å². The Balaban J connectivity index is 1.75. The molecular formula is C27H25NO5. The molecule has 6 heteroatoms. The lowest BCUT2D eigenvalue weighted by atomic mass is 9.95. The van der Waals surface area contributed by atoms with E-state index in [1.807, 2.05) is 55.6 Å². The molecule has 33 heavy (non-hydrogen) atoms. The molecule has 0 N–H and O–H groups in total. The molecular weight excluding hydrogens is 418 g/mol. The summed E-state index contributed by atoms with van der Waals surface area (Å²) in [5.74, 6) is -1.91.